The molecule has 0 atom stereocenters. The smallest absolute Gasteiger partial charge is 0.135 e. The Morgan fingerprint density at radius 1 is 0.405 bits per heavy atom. The molecule has 194 valence electrons. The fourth-order valence-electron chi connectivity index (χ4n) is 6.06. The summed E-state index contributed by atoms with van der Waals surface area (Å²) in [6, 6.07) is 44.6. The third kappa shape index (κ3) is 3.53. The molecule has 0 fully saturated rings. The number of nitrogens with zero attached hydrogens (tertiary/aromatic N) is 2. The Kier molecular flexibility index (Phi) is 5.22. The molecule has 0 spiro atoms. The van der Waals surface area contributed by atoms with Gasteiger partial charge < -0.3 is 8.83 Å². The van der Waals surface area contributed by atoms with Crippen LogP contribution in [0.5, 0.6) is 0 Å². The maximum absolute atomic E-state index is 10.6. The average Bonchev–Trinajstić information content (AvgIpc) is 3.61. The Hall–Kier alpha value is -6.10. The summed E-state index contributed by atoms with van der Waals surface area (Å²) in [5, 5.41) is 25.1. The Morgan fingerprint density at radius 2 is 0.929 bits per heavy atom. The fourth-order valence-corrected chi connectivity index (χ4v) is 6.06. The quantitative estimate of drug-likeness (QED) is 0.225. The van der Waals surface area contributed by atoms with E-state index in [4.69, 9.17) is 8.83 Å². The maximum atomic E-state index is 10.6. The number of rotatable bonds is 3. The molecule has 4 nitrogen and oxygen atoms in total. The molecule has 0 unspecified atom stereocenters. The van der Waals surface area contributed by atoms with Crippen molar-refractivity contribution in [1.29, 1.82) is 10.5 Å². The van der Waals surface area contributed by atoms with E-state index in [0.717, 1.165) is 71.7 Å². The molecule has 2 heterocycles. The highest BCUT2D eigenvalue weighted by atomic mass is 16.3. The van der Waals surface area contributed by atoms with Gasteiger partial charge in [0.15, 0.2) is 0 Å². The average molecular weight is 537 g/mol. The SMILES string of the molecule is N#Cc1c(-c2ccc3oc4ccccc4c3c2)cc(-c2ccccc2)c(-c2ccc3oc4ccccc4c3c2)c1C#N. The first-order valence-electron chi connectivity index (χ1n) is 13.6. The van der Waals surface area contributed by atoms with Gasteiger partial charge in [-0.2, -0.15) is 10.5 Å². The summed E-state index contributed by atoms with van der Waals surface area (Å²) in [6.45, 7) is 0. The maximum Gasteiger partial charge on any atom is 0.135 e. The van der Waals surface area contributed by atoms with E-state index in [-0.39, 0.29) is 0 Å². The predicted molar refractivity (Wildman–Crippen MR) is 167 cm³/mol. The van der Waals surface area contributed by atoms with Gasteiger partial charge in [0.25, 0.3) is 0 Å². The van der Waals surface area contributed by atoms with Crippen LogP contribution >= 0.6 is 0 Å². The molecule has 42 heavy (non-hydrogen) atoms. The Bertz CT molecular complexity index is 2430. The van der Waals surface area contributed by atoms with Gasteiger partial charge in [0, 0.05) is 32.7 Å². The largest absolute Gasteiger partial charge is 0.456 e. The van der Waals surface area contributed by atoms with Crippen LogP contribution in [0, 0.1) is 22.7 Å². The number of hydrogen-bond donors (Lipinski definition) is 0. The lowest BCUT2D eigenvalue weighted by Gasteiger charge is -2.17. The van der Waals surface area contributed by atoms with E-state index in [1.54, 1.807) is 0 Å². The first-order chi connectivity index (χ1) is 20.7. The standard InChI is InChI=1S/C38H20N2O2/c39-21-32-28(24-14-16-36-30(18-24)26-10-4-6-12-34(26)41-36)20-29(23-8-2-1-3-9-23)38(33(32)22-40)25-15-17-37-31(19-25)27-11-5-7-13-35(27)42-37/h1-20H. The van der Waals surface area contributed by atoms with Crippen molar-refractivity contribution < 1.29 is 8.83 Å². The van der Waals surface area contributed by atoms with Crippen LogP contribution in [0.1, 0.15) is 11.1 Å². The van der Waals surface area contributed by atoms with Gasteiger partial charge in [-0.05, 0) is 64.7 Å². The molecule has 0 radical (unpaired) electrons. The molecule has 2 aromatic heterocycles. The van der Waals surface area contributed by atoms with Gasteiger partial charge in [0.1, 0.15) is 34.5 Å². The molecule has 0 amide bonds. The van der Waals surface area contributed by atoms with Crippen LogP contribution in [0.25, 0.3) is 77.3 Å². The highest BCUT2D eigenvalue weighted by molar-refractivity contribution is 6.08. The highest BCUT2D eigenvalue weighted by Crippen LogP contribution is 2.43. The van der Waals surface area contributed by atoms with Crippen molar-refractivity contribution in [3.8, 4) is 45.5 Å². The molecular formula is C38H20N2O2. The first kappa shape index (κ1) is 23.8. The van der Waals surface area contributed by atoms with Crippen LogP contribution in [0.4, 0.5) is 0 Å². The Labute approximate surface area is 240 Å². The summed E-state index contributed by atoms with van der Waals surface area (Å²) in [5.74, 6) is 0. The van der Waals surface area contributed by atoms with Crippen molar-refractivity contribution in [2.24, 2.45) is 0 Å². The van der Waals surface area contributed by atoms with E-state index in [0.29, 0.717) is 16.7 Å². The lowest BCUT2D eigenvalue weighted by molar-refractivity contribution is 0.668. The van der Waals surface area contributed by atoms with E-state index in [1.165, 1.54) is 0 Å². The molecule has 0 N–H and O–H groups in total. The monoisotopic (exact) mass is 536 g/mol. The Balaban J connectivity index is 1.44. The zero-order valence-corrected chi connectivity index (χ0v) is 22.3. The second-order valence-electron chi connectivity index (χ2n) is 10.3. The lowest BCUT2D eigenvalue weighted by Crippen LogP contribution is -1.98. The summed E-state index contributed by atoms with van der Waals surface area (Å²) in [7, 11) is 0. The molecular weight excluding hydrogens is 516 g/mol. The minimum Gasteiger partial charge on any atom is -0.456 e. The summed E-state index contributed by atoms with van der Waals surface area (Å²) in [5.41, 5.74) is 8.84. The first-order valence-corrected chi connectivity index (χ1v) is 13.6. The number of para-hydroxylation sites is 2. The van der Waals surface area contributed by atoms with Gasteiger partial charge >= 0.3 is 0 Å². The molecule has 8 aromatic rings. The molecule has 8 rings (SSSR count). The van der Waals surface area contributed by atoms with E-state index in [9.17, 15) is 10.5 Å². The lowest BCUT2D eigenvalue weighted by atomic mass is 9.83. The van der Waals surface area contributed by atoms with Crippen LogP contribution in [-0.4, -0.2) is 0 Å². The fraction of sp³-hybridized carbons (Fsp3) is 0. The summed E-state index contributed by atoms with van der Waals surface area (Å²) in [6.07, 6.45) is 0. The van der Waals surface area contributed by atoms with Gasteiger partial charge in [0.2, 0.25) is 0 Å². The van der Waals surface area contributed by atoms with Gasteiger partial charge in [-0.3, -0.25) is 0 Å². The van der Waals surface area contributed by atoms with Gasteiger partial charge in [-0.15, -0.1) is 0 Å². The van der Waals surface area contributed by atoms with E-state index < -0.39 is 0 Å². The number of benzene rings is 6. The number of fused-ring (bicyclic) bond motifs is 6. The minimum absolute atomic E-state index is 0.344. The predicted octanol–water partition coefficient (Wildman–Crippen LogP) is 10.2. The summed E-state index contributed by atoms with van der Waals surface area (Å²) >= 11 is 0. The second-order valence-corrected chi connectivity index (χ2v) is 10.3. The minimum atomic E-state index is 0.344. The second kappa shape index (κ2) is 9.24. The summed E-state index contributed by atoms with van der Waals surface area (Å²) < 4.78 is 12.1. The van der Waals surface area contributed by atoms with Gasteiger partial charge in [-0.1, -0.05) is 78.9 Å². The molecule has 0 aliphatic heterocycles. The van der Waals surface area contributed by atoms with E-state index in [2.05, 4.69) is 24.3 Å². The van der Waals surface area contributed by atoms with E-state index >= 15 is 0 Å². The third-order valence-corrected chi connectivity index (χ3v) is 7.99. The molecule has 0 aliphatic rings. The molecule has 0 saturated carbocycles. The molecule has 4 heteroatoms. The molecule has 6 aromatic carbocycles. The number of nitriles is 2. The third-order valence-electron chi connectivity index (χ3n) is 7.99. The molecule has 0 saturated heterocycles. The van der Waals surface area contributed by atoms with Crippen LogP contribution in [-0.2, 0) is 0 Å². The van der Waals surface area contributed by atoms with Crippen LogP contribution in [0.3, 0.4) is 0 Å². The summed E-state index contributed by atoms with van der Waals surface area (Å²) in [4.78, 5) is 0. The van der Waals surface area contributed by atoms with Crippen molar-refractivity contribution in [3.63, 3.8) is 0 Å². The highest BCUT2D eigenvalue weighted by Gasteiger charge is 2.23. The number of furan rings is 2. The van der Waals surface area contributed by atoms with Crippen LogP contribution in [0.15, 0.2) is 130 Å². The van der Waals surface area contributed by atoms with Crippen molar-refractivity contribution in [2.45, 2.75) is 0 Å². The van der Waals surface area contributed by atoms with Crippen LogP contribution in [0.2, 0.25) is 0 Å². The van der Waals surface area contributed by atoms with Crippen molar-refractivity contribution >= 4 is 43.9 Å². The topological polar surface area (TPSA) is 73.9 Å². The zero-order valence-electron chi connectivity index (χ0n) is 22.3. The van der Waals surface area contributed by atoms with Gasteiger partial charge in [-0.25, -0.2) is 0 Å². The number of hydrogen-bond acceptors (Lipinski definition) is 4. The van der Waals surface area contributed by atoms with Gasteiger partial charge in [0.05, 0.1) is 11.1 Å². The zero-order chi connectivity index (χ0) is 28.2. The van der Waals surface area contributed by atoms with Crippen LogP contribution < -0.4 is 0 Å². The molecule has 0 bridgehead atoms. The van der Waals surface area contributed by atoms with Crippen molar-refractivity contribution in [1.82, 2.24) is 0 Å². The van der Waals surface area contributed by atoms with Crippen molar-refractivity contribution in [3.05, 3.63) is 132 Å². The molecule has 0 aliphatic carbocycles. The normalized spacial score (nSPS) is 11.3. The van der Waals surface area contributed by atoms with E-state index in [1.807, 2.05) is 109 Å². The Morgan fingerprint density at radius 3 is 1.55 bits per heavy atom. The van der Waals surface area contributed by atoms with Crippen molar-refractivity contribution in [2.75, 3.05) is 0 Å².